The van der Waals surface area contributed by atoms with E-state index >= 15 is 0 Å². The van der Waals surface area contributed by atoms with Crippen molar-refractivity contribution < 1.29 is 4.39 Å². The van der Waals surface area contributed by atoms with Crippen LogP contribution in [-0.2, 0) is 0 Å². The standard InChI is InChI=1S/C14H19FN2/c1-9(2)17-13-6-4-5-12(15)11(13)7-14(17)10(3)8-16/h4-7,9-10H,8,16H2,1-3H3. The summed E-state index contributed by atoms with van der Waals surface area (Å²) >= 11 is 0. The van der Waals surface area contributed by atoms with Gasteiger partial charge in [-0.25, -0.2) is 4.39 Å². The third kappa shape index (κ3) is 1.95. The third-order valence-electron chi connectivity index (χ3n) is 3.23. The molecule has 0 radical (unpaired) electrons. The van der Waals surface area contributed by atoms with E-state index in [0.717, 1.165) is 11.2 Å². The van der Waals surface area contributed by atoms with Gasteiger partial charge in [0.05, 0.1) is 5.52 Å². The summed E-state index contributed by atoms with van der Waals surface area (Å²) in [6.07, 6.45) is 0. The largest absolute Gasteiger partial charge is 0.342 e. The van der Waals surface area contributed by atoms with E-state index in [2.05, 4.69) is 25.3 Å². The SMILES string of the molecule is CC(CN)c1cc2c(F)cccc2n1C(C)C. The van der Waals surface area contributed by atoms with Gasteiger partial charge in [-0.2, -0.15) is 0 Å². The van der Waals surface area contributed by atoms with E-state index in [4.69, 9.17) is 5.73 Å². The summed E-state index contributed by atoms with van der Waals surface area (Å²) in [5.41, 5.74) is 7.79. The number of nitrogens with two attached hydrogens (primary N) is 1. The highest BCUT2D eigenvalue weighted by Gasteiger charge is 2.17. The Balaban J connectivity index is 2.75. The first-order valence-corrected chi connectivity index (χ1v) is 6.05. The van der Waals surface area contributed by atoms with E-state index in [1.165, 1.54) is 6.07 Å². The molecule has 0 aliphatic heterocycles. The lowest BCUT2D eigenvalue weighted by Gasteiger charge is -2.18. The Morgan fingerprint density at radius 1 is 1.29 bits per heavy atom. The maximum atomic E-state index is 13.8. The lowest BCUT2D eigenvalue weighted by molar-refractivity contribution is 0.567. The summed E-state index contributed by atoms with van der Waals surface area (Å²) in [6.45, 7) is 6.86. The molecule has 0 fully saturated rings. The van der Waals surface area contributed by atoms with Crippen LogP contribution in [0.15, 0.2) is 24.3 Å². The van der Waals surface area contributed by atoms with Crippen molar-refractivity contribution in [2.75, 3.05) is 6.54 Å². The Morgan fingerprint density at radius 3 is 2.59 bits per heavy atom. The molecule has 92 valence electrons. The molecule has 0 saturated carbocycles. The van der Waals surface area contributed by atoms with E-state index in [-0.39, 0.29) is 11.7 Å². The molecule has 0 aliphatic rings. The van der Waals surface area contributed by atoms with Gasteiger partial charge in [-0.1, -0.05) is 13.0 Å². The van der Waals surface area contributed by atoms with Gasteiger partial charge in [-0.3, -0.25) is 0 Å². The predicted octanol–water partition coefficient (Wildman–Crippen LogP) is 3.42. The quantitative estimate of drug-likeness (QED) is 0.866. The zero-order valence-corrected chi connectivity index (χ0v) is 10.6. The van der Waals surface area contributed by atoms with E-state index in [0.29, 0.717) is 18.0 Å². The molecule has 0 saturated heterocycles. The molecule has 1 aromatic heterocycles. The van der Waals surface area contributed by atoms with Crippen LogP contribution in [-0.4, -0.2) is 11.1 Å². The number of hydrogen-bond donors (Lipinski definition) is 1. The highest BCUT2D eigenvalue weighted by atomic mass is 19.1. The van der Waals surface area contributed by atoms with Crippen LogP contribution in [0, 0.1) is 5.82 Å². The van der Waals surface area contributed by atoms with Crippen LogP contribution in [0.1, 0.15) is 38.4 Å². The van der Waals surface area contributed by atoms with Crippen LogP contribution in [0.4, 0.5) is 4.39 Å². The summed E-state index contributed by atoms with van der Waals surface area (Å²) in [4.78, 5) is 0. The molecule has 1 unspecified atom stereocenters. The Morgan fingerprint density at radius 2 is 2.00 bits per heavy atom. The van der Waals surface area contributed by atoms with Crippen LogP contribution in [0.25, 0.3) is 10.9 Å². The first-order valence-electron chi connectivity index (χ1n) is 6.05. The second-order valence-electron chi connectivity index (χ2n) is 4.84. The number of halogens is 1. The summed E-state index contributed by atoms with van der Waals surface area (Å²) in [7, 11) is 0. The highest BCUT2D eigenvalue weighted by molar-refractivity contribution is 5.82. The number of aromatic nitrogens is 1. The molecule has 2 aromatic rings. The molecule has 1 atom stereocenters. The number of hydrogen-bond acceptors (Lipinski definition) is 1. The highest BCUT2D eigenvalue weighted by Crippen LogP contribution is 2.29. The normalized spacial score (nSPS) is 13.5. The van der Waals surface area contributed by atoms with Crippen LogP contribution in [0.3, 0.4) is 0 Å². The second-order valence-corrected chi connectivity index (χ2v) is 4.84. The number of benzene rings is 1. The van der Waals surface area contributed by atoms with Gasteiger partial charge in [0.15, 0.2) is 0 Å². The topological polar surface area (TPSA) is 30.9 Å². The number of rotatable bonds is 3. The lowest BCUT2D eigenvalue weighted by Crippen LogP contribution is -2.14. The first kappa shape index (κ1) is 12.1. The van der Waals surface area contributed by atoms with Crippen molar-refractivity contribution >= 4 is 10.9 Å². The van der Waals surface area contributed by atoms with Gasteiger partial charge < -0.3 is 10.3 Å². The average molecular weight is 234 g/mol. The van der Waals surface area contributed by atoms with E-state index in [1.54, 1.807) is 6.07 Å². The molecule has 2 rings (SSSR count). The molecule has 2 nitrogen and oxygen atoms in total. The molecule has 2 N–H and O–H groups in total. The van der Waals surface area contributed by atoms with Gasteiger partial charge in [-0.15, -0.1) is 0 Å². The smallest absolute Gasteiger partial charge is 0.132 e. The predicted molar refractivity (Wildman–Crippen MR) is 69.8 cm³/mol. The summed E-state index contributed by atoms with van der Waals surface area (Å²) in [6, 6.07) is 7.46. The molecule has 0 spiro atoms. The van der Waals surface area contributed by atoms with E-state index < -0.39 is 0 Å². The third-order valence-corrected chi connectivity index (χ3v) is 3.23. The second kappa shape index (κ2) is 4.49. The van der Waals surface area contributed by atoms with Crippen LogP contribution < -0.4 is 5.73 Å². The van der Waals surface area contributed by atoms with Gasteiger partial charge >= 0.3 is 0 Å². The fourth-order valence-electron chi connectivity index (χ4n) is 2.31. The van der Waals surface area contributed by atoms with Crippen molar-refractivity contribution in [3.8, 4) is 0 Å². The van der Waals surface area contributed by atoms with Crippen molar-refractivity contribution in [3.05, 3.63) is 35.8 Å². The van der Waals surface area contributed by atoms with Gasteiger partial charge in [0.2, 0.25) is 0 Å². The van der Waals surface area contributed by atoms with Gasteiger partial charge in [-0.05, 0) is 32.0 Å². The zero-order valence-electron chi connectivity index (χ0n) is 10.6. The minimum atomic E-state index is -0.160. The summed E-state index contributed by atoms with van der Waals surface area (Å²) in [5, 5.41) is 0.691. The molecule has 0 amide bonds. The number of nitrogens with zero attached hydrogens (tertiary/aromatic N) is 1. The molecule has 1 heterocycles. The van der Waals surface area contributed by atoms with E-state index in [9.17, 15) is 4.39 Å². The van der Waals surface area contributed by atoms with Gasteiger partial charge in [0.25, 0.3) is 0 Å². The van der Waals surface area contributed by atoms with Crippen molar-refractivity contribution in [2.45, 2.75) is 32.7 Å². The van der Waals surface area contributed by atoms with Crippen molar-refractivity contribution in [2.24, 2.45) is 5.73 Å². The minimum absolute atomic E-state index is 0.160. The van der Waals surface area contributed by atoms with Gasteiger partial charge in [0.1, 0.15) is 5.82 Å². The molecule has 17 heavy (non-hydrogen) atoms. The molecule has 3 heteroatoms. The maximum absolute atomic E-state index is 13.8. The average Bonchev–Trinajstić information content (AvgIpc) is 2.68. The lowest BCUT2D eigenvalue weighted by atomic mass is 10.1. The fourth-order valence-corrected chi connectivity index (χ4v) is 2.31. The van der Waals surface area contributed by atoms with Crippen LogP contribution in [0.2, 0.25) is 0 Å². The maximum Gasteiger partial charge on any atom is 0.132 e. The zero-order chi connectivity index (χ0) is 12.6. The number of fused-ring (bicyclic) bond motifs is 1. The first-order chi connectivity index (χ1) is 8.06. The fraction of sp³-hybridized carbons (Fsp3) is 0.429. The monoisotopic (exact) mass is 234 g/mol. The summed E-state index contributed by atoms with van der Waals surface area (Å²) in [5.74, 6) is 0.0802. The van der Waals surface area contributed by atoms with Gasteiger partial charge in [0, 0.05) is 29.6 Å². The Labute approximate surface area is 101 Å². The van der Waals surface area contributed by atoms with Crippen molar-refractivity contribution in [1.82, 2.24) is 4.57 Å². The molecular formula is C14H19FN2. The van der Waals surface area contributed by atoms with Crippen molar-refractivity contribution in [3.63, 3.8) is 0 Å². The Bertz CT molecular complexity index is 528. The van der Waals surface area contributed by atoms with Crippen LogP contribution in [0.5, 0.6) is 0 Å². The summed E-state index contributed by atoms with van der Waals surface area (Å²) < 4.78 is 15.9. The Hall–Kier alpha value is -1.35. The molecule has 0 bridgehead atoms. The minimum Gasteiger partial charge on any atom is -0.342 e. The molecular weight excluding hydrogens is 215 g/mol. The Kier molecular flexibility index (Phi) is 3.20. The van der Waals surface area contributed by atoms with Crippen molar-refractivity contribution in [1.29, 1.82) is 0 Å². The molecule has 0 aliphatic carbocycles. The molecule has 1 aromatic carbocycles. The van der Waals surface area contributed by atoms with E-state index in [1.807, 2.05) is 12.1 Å². The van der Waals surface area contributed by atoms with Crippen LogP contribution >= 0.6 is 0 Å².